The summed E-state index contributed by atoms with van der Waals surface area (Å²) >= 11 is 4.43. The van der Waals surface area contributed by atoms with Crippen molar-refractivity contribution >= 4 is 12.6 Å². The molecule has 0 aliphatic carbocycles. The molecule has 11 heavy (non-hydrogen) atoms. The Bertz CT molecular complexity index is 87.0. The molecule has 1 atom stereocenters. The predicted octanol–water partition coefficient (Wildman–Crippen LogP) is 3.62. The van der Waals surface area contributed by atoms with Gasteiger partial charge in [0.1, 0.15) is 0 Å². The van der Waals surface area contributed by atoms with E-state index in [0.717, 1.165) is 17.8 Å². The van der Waals surface area contributed by atoms with Crippen molar-refractivity contribution < 1.29 is 0 Å². The summed E-state index contributed by atoms with van der Waals surface area (Å²) < 4.78 is 0. The van der Waals surface area contributed by atoms with E-state index in [0.29, 0.717) is 5.25 Å². The van der Waals surface area contributed by atoms with Crippen LogP contribution in [-0.2, 0) is 0 Å². The quantitative estimate of drug-likeness (QED) is 0.618. The number of thiol groups is 1. The van der Waals surface area contributed by atoms with Crippen molar-refractivity contribution in [2.75, 3.05) is 0 Å². The van der Waals surface area contributed by atoms with Crippen LogP contribution < -0.4 is 0 Å². The maximum absolute atomic E-state index is 4.43. The van der Waals surface area contributed by atoms with Crippen LogP contribution in [-0.4, -0.2) is 5.25 Å². The van der Waals surface area contributed by atoms with Crippen LogP contribution in [0.15, 0.2) is 0 Å². The van der Waals surface area contributed by atoms with Gasteiger partial charge >= 0.3 is 0 Å². The Morgan fingerprint density at radius 3 is 1.36 bits per heavy atom. The van der Waals surface area contributed by atoms with E-state index in [4.69, 9.17) is 0 Å². The Morgan fingerprint density at radius 2 is 1.27 bits per heavy atom. The predicted molar refractivity (Wildman–Crippen MR) is 56.2 cm³/mol. The van der Waals surface area contributed by atoms with Gasteiger partial charge in [-0.25, -0.2) is 0 Å². The van der Waals surface area contributed by atoms with E-state index in [1.165, 1.54) is 6.42 Å². The number of hydrogen-bond donors (Lipinski definition) is 1. The molecule has 0 aromatic rings. The Hall–Kier alpha value is 0.350. The summed E-state index contributed by atoms with van der Waals surface area (Å²) in [4.78, 5) is 0. The fourth-order valence-electron chi connectivity index (χ4n) is 1.71. The summed E-state index contributed by atoms with van der Waals surface area (Å²) in [6, 6.07) is 0. The topological polar surface area (TPSA) is 0 Å². The molecule has 0 fully saturated rings. The Kier molecular flexibility index (Phi) is 5.24. The van der Waals surface area contributed by atoms with Crippen molar-refractivity contribution in [2.45, 2.75) is 46.3 Å². The first-order valence-corrected chi connectivity index (χ1v) is 5.14. The van der Waals surface area contributed by atoms with Crippen LogP contribution in [0.25, 0.3) is 0 Å². The molecule has 0 aliphatic heterocycles. The second-order valence-electron chi connectivity index (χ2n) is 4.24. The summed E-state index contributed by atoms with van der Waals surface area (Å²) in [6.07, 6.45) is 1.25. The van der Waals surface area contributed by atoms with E-state index in [9.17, 15) is 0 Å². The maximum atomic E-state index is 4.43. The minimum Gasteiger partial charge on any atom is -0.176 e. The summed E-state index contributed by atoms with van der Waals surface area (Å²) in [5, 5.41) is 0.546. The summed E-state index contributed by atoms with van der Waals surface area (Å²) in [6.45, 7) is 11.4. The third-order valence-corrected chi connectivity index (χ3v) is 2.54. The lowest BCUT2D eigenvalue weighted by molar-refractivity contribution is 0.270. The smallest absolute Gasteiger partial charge is 0.000876 e. The van der Waals surface area contributed by atoms with Crippen LogP contribution in [0.4, 0.5) is 0 Å². The molecule has 0 heterocycles. The van der Waals surface area contributed by atoms with Crippen LogP contribution in [0, 0.1) is 17.8 Å². The van der Waals surface area contributed by atoms with E-state index in [2.05, 4.69) is 47.2 Å². The molecule has 0 nitrogen and oxygen atoms in total. The molecule has 1 unspecified atom stereocenters. The molecule has 0 N–H and O–H groups in total. The van der Waals surface area contributed by atoms with Gasteiger partial charge in [0.15, 0.2) is 0 Å². The molecular weight excluding hydrogens is 152 g/mol. The van der Waals surface area contributed by atoms with Gasteiger partial charge in [0.05, 0.1) is 0 Å². The van der Waals surface area contributed by atoms with Gasteiger partial charge in [0, 0.05) is 0 Å². The lowest BCUT2D eigenvalue weighted by atomic mass is 9.82. The van der Waals surface area contributed by atoms with Gasteiger partial charge in [-0.3, -0.25) is 0 Å². The first-order valence-electron chi connectivity index (χ1n) is 4.63. The fourth-order valence-corrected chi connectivity index (χ4v) is 1.95. The van der Waals surface area contributed by atoms with Crippen molar-refractivity contribution in [3.63, 3.8) is 0 Å². The zero-order valence-electron chi connectivity index (χ0n) is 8.46. The second-order valence-corrected chi connectivity index (χ2v) is 5.12. The van der Waals surface area contributed by atoms with E-state index < -0.39 is 0 Å². The Balaban J connectivity index is 3.90. The zero-order chi connectivity index (χ0) is 9.02. The van der Waals surface area contributed by atoms with Crippen LogP contribution in [0.3, 0.4) is 0 Å². The fraction of sp³-hybridized carbons (Fsp3) is 1.00. The summed E-state index contributed by atoms with van der Waals surface area (Å²) in [5.74, 6) is 2.43. The molecule has 0 rings (SSSR count). The molecule has 0 aliphatic rings. The molecule has 0 aromatic heterocycles. The van der Waals surface area contributed by atoms with Crippen molar-refractivity contribution in [3.8, 4) is 0 Å². The van der Waals surface area contributed by atoms with Gasteiger partial charge in [-0.05, 0) is 29.4 Å². The first kappa shape index (κ1) is 11.4. The van der Waals surface area contributed by atoms with Crippen molar-refractivity contribution in [1.82, 2.24) is 0 Å². The largest absolute Gasteiger partial charge is 0.176 e. The van der Waals surface area contributed by atoms with E-state index in [1.807, 2.05) is 0 Å². The third-order valence-electron chi connectivity index (χ3n) is 2.33. The molecule has 0 aromatic carbocycles. The Labute approximate surface area is 77.2 Å². The van der Waals surface area contributed by atoms with Crippen LogP contribution in [0.1, 0.15) is 41.0 Å². The van der Waals surface area contributed by atoms with Gasteiger partial charge < -0.3 is 0 Å². The normalized spacial score (nSPS) is 15.0. The van der Waals surface area contributed by atoms with Crippen molar-refractivity contribution in [2.24, 2.45) is 17.8 Å². The zero-order valence-corrected chi connectivity index (χ0v) is 9.36. The average Bonchev–Trinajstić information content (AvgIpc) is 1.81. The molecule has 0 bridgehead atoms. The highest BCUT2D eigenvalue weighted by molar-refractivity contribution is 7.80. The molecular formula is C10H22S. The van der Waals surface area contributed by atoms with Crippen LogP contribution in [0.5, 0.6) is 0 Å². The summed E-state index contributed by atoms with van der Waals surface area (Å²) in [5.41, 5.74) is 0. The van der Waals surface area contributed by atoms with E-state index in [1.54, 1.807) is 0 Å². The number of rotatable bonds is 4. The van der Waals surface area contributed by atoms with Crippen LogP contribution in [0.2, 0.25) is 0 Å². The molecule has 0 spiro atoms. The van der Waals surface area contributed by atoms with E-state index in [-0.39, 0.29) is 0 Å². The standard InChI is InChI=1S/C10H22S/c1-7(2)10(8(3)4)6-9(5)11/h7-11H,6H2,1-5H3. The third kappa shape index (κ3) is 4.73. The monoisotopic (exact) mass is 174 g/mol. The second kappa shape index (κ2) is 5.08. The molecule has 0 saturated heterocycles. The minimum atomic E-state index is 0.546. The minimum absolute atomic E-state index is 0.546. The lowest BCUT2D eigenvalue weighted by Gasteiger charge is -2.26. The average molecular weight is 174 g/mol. The van der Waals surface area contributed by atoms with Crippen molar-refractivity contribution in [3.05, 3.63) is 0 Å². The van der Waals surface area contributed by atoms with Crippen molar-refractivity contribution in [1.29, 1.82) is 0 Å². The summed E-state index contributed by atoms with van der Waals surface area (Å²) in [7, 11) is 0. The van der Waals surface area contributed by atoms with Crippen LogP contribution >= 0.6 is 12.6 Å². The lowest BCUT2D eigenvalue weighted by Crippen LogP contribution is -2.18. The SMILES string of the molecule is CC(S)CC(C(C)C)C(C)C. The first-order chi connectivity index (χ1) is 4.95. The van der Waals surface area contributed by atoms with Gasteiger partial charge in [-0.2, -0.15) is 12.6 Å². The van der Waals surface area contributed by atoms with Gasteiger partial charge in [0.2, 0.25) is 0 Å². The highest BCUT2D eigenvalue weighted by Gasteiger charge is 2.18. The highest BCUT2D eigenvalue weighted by Crippen LogP contribution is 2.26. The van der Waals surface area contributed by atoms with E-state index >= 15 is 0 Å². The van der Waals surface area contributed by atoms with Gasteiger partial charge in [-0.1, -0.05) is 34.6 Å². The molecule has 0 radical (unpaired) electrons. The molecule has 0 saturated carbocycles. The Morgan fingerprint density at radius 1 is 0.909 bits per heavy atom. The molecule has 68 valence electrons. The molecule has 1 heteroatoms. The maximum Gasteiger partial charge on any atom is -0.000876 e. The number of hydrogen-bond acceptors (Lipinski definition) is 1. The van der Waals surface area contributed by atoms with Gasteiger partial charge in [0.25, 0.3) is 0 Å². The molecule has 0 amide bonds. The van der Waals surface area contributed by atoms with Gasteiger partial charge in [-0.15, -0.1) is 0 Å². The highest BCUT2D eigenvalue weighted by atomic mass is 32.1.